The first-order chi connectivity index (χ1) is 13.6. The molecular formula is C21H21BrN4O3. The van der Waals surface area contributed by atoms with Crippen molar-refractivity contribution in [2.75, 3.05) is 0 Å². The molecule has 0 aliphatic heterocycles. The van der Waals surface area contributed by atoms with Crippen molar-refractivity contribution in [3.63, 3.8) is 0 Å². The lowest BCUT2D eigenvalue weighted by atomic mass is 10.1. The van der Waals surface area contributed by atoms with Crippen LogP contribution in [0.2, 0.25) is 0 Å². The monoisotopic (exact) mass is 456 g/mol. The standard InChI is InChI=1S/C21H21BrN4O3/c1-11-8-12(2)20(19(9-11)26(28)29)23-10-16-15(5)24-25(21(16)27)18-7-6-17(22)13(3)14(18)4/h6-10,24H,1-5H3. The van der Waals surface area contributed by atoms with Crippen LogP contribution in [0, 0.1) is 44.7 Å². The Morgan fingerprint density at radius 3 is 2.48 bits per heavy atom. The van der Waals surface area contributed by atoms with Gasteiger partial charge in [-0.1, -0.05) is 22.0 Å². The zero-order valence-electron chi connectivity index (χ0n) is 16.8. The van der Waals surface area contributed by atoms with Gasteiger partial charge in [-0.15, -0.1) is 0 Å². The molecule has 29 heavy (non-hydrogen) atoms. The summed E-state index contributed by atoms with van der Waals surface area (Å²) in [6, 6.07) is 7.07. The third kappa shape index (κ3) is 3.80. The van der Waals surface area contributed by atoms with E-state index in [1.54, 1.807) is 20.8 Å². The maximum atomic E-state index is 13.0. The fraction of sp³-hybridized carbons (Fsp3) is 0.238. The number of hydrogen-bond acceptors (Lipinski definition) is 4. The van der Waals surface area contributed by atoms with Crippen LogP contribution in [0.5, 0.6) is 0 Å². The summed E-state index contributed by atoms with van der Waals surface area (Å²) >= 11 is 3.50. The Kier molecular flexibility index (Phi) is 5.57. The average Bonchev–Trinajstić information content (AvgIpc) is 2.92. The number of nitrogens with one attached hydrogen (secondary N) is 1. The van der Waals surface area contributed by atoms with Crippen molar-refractivity contribution >= 4 is 33.5 Å². The molecule has 0 saturated heterocycles. The maximum Gasteiger partial charge on any atom is 0.295 e. The number of aromatic nitrogens is 2. The second-order valence-electron chi connectivity index (χ2n) is 7.07. The van der Waals surface area contributed by atoms with Gasteiger partial charge in [0, 0.05) is 22.4 Å². The van der Waals surface area contributed by atoms with Crippen LogP contribution in [-0.2, 0) is 0 Å². The summed E-state index contributed by atoms with van der Waals surface area (Å²) in [6.07, 6.45) is 1.40. The van der Waals surface area contributed by atoms with Crippen LogP contribution in [0.4, 0.5) is 11.4 Å². The molecule has 0 amide bonds. The minimum Gasteiger partial charge on any atom is -0.295 e. The van der Waals surface area contributed by atoms with E-state index in [4.69, 9.17) is 0 Å². The van der Waals surface area contributed by atoms with Crippen molar-refractivity contribution in [3.05, 3.63) is 82.7 Å². The van der Waals surface area contributed by atoms with E-state index in [2.05, 4.69) is 26.0 Å². The molecule has 0 aliphatic carbocycles. The zero-order valence-corrected chi connectivity index (χ0v) is 18.4. The normalized spacial score (nSPS) is 11.4. The van der Waals surface area contributed by atoms with Gasteiger partial charge >= 0.3 is 0 Å². The molecule has 8 heteroatoms. The van der Waals surface area contributed by atoms with Crippen molar-refractivity contribution in [2.45, 2.75) is 34.6 Å². The first-order valence-corrected chi connectivity index (χ1v) is 9.78. The van der Waals surface area contributed by atoms with Gasteiger partial charge in [-0.05, 0) is 69.0 Å². The van der Waals surface area contributed by atoms with Gasteiger partial charge in [-0.25, -0.2) is 9.67 Å². The Balaban J connectivity index is 2.12. The molecule has 0 radical (unpaired) electrons. The molecule has 0 unspecified atom stereocenters. The molecule has 0 atom stereocenters. The highest BCUT2D eigenvalue weighted by Crippen LogP contribution is 2.32. The van der Waals surface area contributed by atoms with E-state index in [-0.39, 0.29) is 16.9 Å². The molecule has 0 aliphatic rings. The summed E-state index contributed by atoms with van der Waals surface area (Å²) in [5, 5.41) is 14.5. The molecule has 2 aromatic carbocycles. The lowest BCUT2D eigenvalue weighted by Crippen LogP contribution is -2.18. The number of nitrogens with zero attached hydrogens (tertiary/aromatic N) is 3. The topological polar surface area (TPSA) is 93.3 Å². The quantitative estimate of drug-likeness (QED) is 0.335. The van der Waals surface area contributed by atoms with Crippen molar-refractivity contribution in [3.8, 4) is 5.69 Å². The van der Waals surface area contributed by atoms with Gasteiger partial charge in [0.1, 0.15) is 5.69 Å². The second-order valence-corrected chi connectivity index (χ2v) is 7.93. The highest BCUT2D eigenvalue weighted by molar-refractivity contribution is 9.10. The largest absolute Gasteiger partial charge is 0.295 e. The number of benzene rings is 2. The third-order valence-corrected chi connectivity index (χ3v) is 5.85. The van der Waals surface area contributed by atoms with Crippen LogP contribution in [0.3, 0.4) is 0 Å². The number of nitro groups is 1. The Bertz CT molecular complexity index is 1220. The predicted molar refractivity (Wildman–Crippen MR) is 118 cm³/mol. The van der Waals surface area contributed by atoms with Gasteiger partial charge in [0.15, 0.2) is 0 Å². The molecule has 0 saturated carbocycles. The summed E-state index contributed by atoms with van der Waals surface area (Å²) in [5.74, 6) is 0. The molecule has 3 aromatic rings. The van der Waals surface area contributed by atoms with E-state index in [0.717, 1.165) is 26.9 Å². The van der Waals surface area contributed by atoms with Crippen LogP contribution in [0.15, 0.2) is 38.5 Å². The summed E-state index contributed by atoms with van der Waals surface area (Å²) in [4.78, 5) is 28.3. The fourth-order valence-electron chi connectivity index (χ4n) is 3.27. The van der Waals surface area contributed by atoms with E-state index in [1.807, 2.05) is 32.0 Å². The molecule has 3 rings (SSSR count). The highest BCUT2D eigenvalue weighted by Gasteiger charge is 2.18. The van der Waals surface area contributed by atoms with E-state index in [0.29, 0.717) is 16.8 Å². The van der Waals surface area contributed by atoms with Crippen LogP contribution in [0.25, 0.3) is 5.69 Å². The Labute approximate surface area is 176 Å². The van der Waals surface area contributed by atoms with Gasteiger partial charge < -0.3 is 0 Å². The number of aliphatic imine (C=N–C) groups is 1. The number of aryl methyl sites for hydroxylation is 3. The van der Waals surface area contributed by atoms with Gasteiger partial charge in [0.2, 0.25) is 0 Å². The smallest absolute Gasteiger partial charge is 0.295 e. The minimum absolute atomic E-state index is 0.0772. The summed E-state index contributed by atoms with van der Waals surface area (Å²) in [7, 11) is 0. The molecule has 0 fully saturated rings. The third-order valence-electron chi connectivity index (χ3n) is 4.99. The molecular weight excluding hydrogens is 436 g/mol. The van der Waals surface area contributed by atoms with Crippen molar-refractivity contribution < 1.29 is 4.92 Å². The van der Waals surface area contributed by atoms with Crippen LogP contribution < -0.4 is 5.56 Å². The van der Waals surface area contributed by atoms with E-state index >= 15 is 0 Å². The number of halogens is 1. The minimum atomic E-state index is -0.455. The van der Waals surface area contributed by atoms with Gasteiger partial charge in [-0.3, -0.25) is 20.0 Å². The Morgan fingerprint density at radius 2 is 1.83 bits per heavy atom. The Hall–Kier alpha value is -3.00. The number of rotatable bonds is 4. The Morgan fingerprint density at radius 1 is 1.14 bits per heavy atom. The molecule has 0 spiro atoms. The number of aromatic amines is 1. The maximum absolute atomic E-state index is 13.0. The average molecular weight is 457 g/mol. The number of hydrogen-bond donors (Lipinski definition) is 1. The van der Waals surface area contributed by atoms with Crippen LogP contribution in [-0.4, -0.2) is 20.9 Å². The predicted octanol–water partition coefficient (Wildman–Crippen LogP) is 5.13. The molecule has 7 nitrogen and oxygen atoms in total. The SMILES string of the molecule is Cc1cc(C)c(N=Cc2c(C)[nH]n(-c3ccc(Br)c(C)c3C)c2=O)c([N+](=O)[O-])c1. The van der Waals surface area contributed by atoms with Gasteiger partial charge in [0.05, 0.1) is 16.2 Å². The van der Waals surface area contributed by atoms with E-state index in [9.17, 15) is 14.9 Å². The van der Waals surface area contributed by atoms with Crippen molar-refractivity contribution in [1.82, 2.24) is 9.78 Å². The zero-order chi connectivity index (χ0) is 21.5. The summed E-state index contributed by atoms with van der Waals surface area (Å²) in [5.41, 5.74) is 5.13. The molecule has 0 bridgehead atoms. The van der Waals surface area contributed by atoms with E-state index < -0.39 is 4.92 Å². The molecule has 150 valence electrons. The van der Waals surface area contributed by atoms with Gasteiger partial charge in [-0.2, -0.15) is 0 Å². The van der Waals surface area contributed by atoms with Crippen molar-refractivity contribution in [1.29, 1.82) is 0 Å². The summed E-state index contributed by atoms with van der Waals surface area (Å²) < 4.78 is 2.45. The van der Waals surface area contributed by atoms with Gasteiger partial charge in [0.25, 0.3) is 11.2 Å². The van der Waals surface area contributed by atoms with E-state index in [1.165, 1.54) is 17.0 Å². The van der Waals surface area contributed by atoms with Crippen LogP contribution >= 0.6 is 15.9 Å². The molecule has 1 aromatic heterocycles. The van der Waals surface area contributed by atoms with Crippen LogP contribution in [0.1, 0.15) is 33.5 Å². The first kappa shape index (κ1) is 20.7. The number of H-pyrrole nitrogens is 1. The van der Waals surface area contributed by atoms with Crippen molar-refractivity contribution in [2.24, 2.45) is 4.99 Å². The molecule has 1 heterocycles. The molecule has 1 N–H and O–H groups in total. The number of nitro benzene ring substituents is 1. The summed E-state index contributed by atoms with van der Waals surface area (Å²) in [6.45, 7) is 9.26. The lowest BCUT2D eigenvalue weighted by Gasteiger charge is -2.10. The lowest BCUT2D eigenvalue weighted by molar-refractivity contribution is -0.384. The highest BCUT2D eigenvalue weighted by atomic mass is 79.9. The fourth-order valence-corrected chi connectivity index (χ4v) is 3.70. The second kappa shape index (κ2) is 7.79. The first-order valence-electron chi connectivity index (χ1n) is 8.99.